The predicted octanol–water partition coefficient (Wildman–Crippen LogP) is 5.25. The number of fused-ring (bicyclic) bond motifs is 1. The summed E-state index contributed by atoms with van der Waals surface area (Å²) in [5, 5.41) is 4.94. The molecule has 0 amide bonds. The Labute approximate surface area is 165 Å². The summed E-state index contributed by atoms with van der Waals surface area (Å²) in [6.07, 6.45) is 6.79. The molecule has 1 aliphatic rings. The maximum Gasteiger partial charge on any atom is 0.120 e. The van der Waals surface area contributed by atoms with Crippen molar-refractivity contribution in [2.24, 2.45) is 0 Å². The number of benzene rings is 2. The smallest absolute Gasteiger partial charge is 0.120 e. The van der Waals surface area contributed by atoms with Crippen LogP contribution < -0.4 is 10.1 Å². The van der Waals surface area contributed by atoms with E-state index in [4.69, 9.17) is 4.74 Å². The third-order valence-electron chi connectivity index (χ3n) is 5.21. The molecule has 2 heterocycles. The molecule has 0 fully saturated rings. The summed E-state index contributed by atoms with van der Waals surface area (Å²) in [6, 6.07) is 17.6. The highest BCUT2D eigenvalue weighted by atomic mass is 32.2. The van der Waals surface area contributed by atoms with Crippen molar-refractivity contribution in [3.8, 4) is 5.75 Å². The Balaban J connectivity index is 1.28. The summed E-state index contributed by atoms with van der Waals surface area (Å²) in [6.45, 7) is 0.976. The van der Waals surface area contributed by atoms with Gasteiger partial charge in [-0.3, -0.25) is 0 Å². The standard InChI is InChI=1S/C23H26N2OS/c1-26-21-7-8-22-19(15-25-23(22)14-21)16-27-12-10-20-13-18(9-11-24-20)17-5-3-2-4-6-17/h2-9,14-15,20,24-25H,10-13,16H2,1H3. The number of methoxy groups -OCH3 is 1. The van der Waals surface area contributed by atoms with E-state index in [2.05, 4.69) is 65.0 Å². The Kier molecular flexibility index (Phi) is 5.85. The molecule has 0 radical (unpaired) electrons. The van der Waals surface area contributed by atoms with Crippen LogP contribution in [0.2, 0.25) is 0 Å². The maximum absolute atomic E-state index is 5.30. The summed E-state index contributed by atoms with van der Waals surface area (Å²) >= 11 is 2.02. The molecule has 1 aliphatic heterocycles. The minimum absolute atomic E-state index is 0.574. The van der Waals surface area contributed by atoms with Crippen LogP contribution in [-0.4, -0.2) is 30.4 Å². The predicted molar refractivity (Wildman–Crippen MR) is 116 cm³/mol. The molecule has 0 saturated heterocycles. The van der Waals surface area contributed by atoms with Crippen molar-refractivity contribution < 1.29 is 4.74 Å². The van der Waals surface area contributed by atoms with E-state index in [9.17, 15) is 0 Å². The second-order valence-electron chi connectivity index (χ2n) is 6.97. The van der Waals surface area contributed by atoms with E-state index >= 15 is 0 Å². The Morgan fingerprint density at radius 1 is 1.15 bits per heavy atom. The van der Waals surface area contributed by atoms with Gasteiger partial charge in [-0.05, 0) is 47.4 Å². The fourth-order valence-electron chi connectivity index (χ4n) is 3.68. The number of rotatable bonds is 7. The Bertz CT molecular complexity index is 917. The molecule has 0 saturated carbocycles. The zero-order valence-electron chi connectivity index (χ0n) is 15.7. The van der Waals surface area contributed by atoms with Crippen LogP contribution in [0.4, 0.5) is 0 Å². The number of H-pyrrole nitrogens is 1. The molecule has 2 N–H and O–H groups in total. The van der Waals surface area contributed by atoms with Gasteiger partial charge in [0.05, 0.1) is 7.11 Å². The van der Waals surface area contributed by atoms with Crippen LogP contribution in [0.15, 0.2) is 60.8 Å². The molecule has 2 aromatic carbocycles. The van der Waals surface area contributed by atoms with Gasteiger partial charge >= 0.3 is 0 Å². The molecule has 0 aliphatic carbocycles. The lowest BCUT2D eigenvalue weighted by Crippen LogP contribution is -2.33. The van der Waals surface area contributed by atoms with Gasteiger partial charge in [0.15, 0.2) is 0 Å². The molecule has 0 bridgehead atoms. The molecule has 3 aromatic rings. The third kappa shape index (κ3) is 4.40. The molecule has 1 atom stereocenters. The third-order valence-corrected chi connectivity index (χ3v) is 6.25. The van der Waals surface area contributed by atoms with Crippen molar-refractivity contribution in [2.45, 2.75) is 24.6 Å². The van der Waals surface area contributed by atoms with Crippen molar-refractivity contribution in [1.82, 2.24) is 10.3 Å². The van der Waals surface area contributed by atoms with Crippen molar-refractivity contribution >= 4 is 28.2 Å². The lowest BCUT2D eigenvalue weighted by Gasteiger charge is -2.24. The van der Waals surface area contributed by atoms with Gasteiger partial charge in [-0.2, -0.15) is 11.8 Å². The van der Waals surface area contributed by atoms with Gasteiger partial charge in [-0.15, -0.1) is 0 Å². The minimum Gasteiger partial charge on any atom is -0.497 e. The zero-order chi connectivity index (χ0) is 18.5. The van der Waals surface area contributed by atoms with E-state index < -0.39 is 0 Å². The lowest BCUT2D eigenvalue weighted by molar-refractivity contribution is 0.415. The zero-order valence-corrected chi connectivity index (χ0v) is 16.5. The molecular weight excluding hydrogens is 352 g/mol. The van der Waals surface area contributed by atoms with Gasteiger partial charge in [0.2, 0.25) is 0 Å². The van der Waals surface area contributed by atoms with Crippen LogP contribution >= 0.6 is 11.8 Å². The number of nitrogens with one attached hydrogen (secondary N) is 2. The number of aromatic nitrogens is 1. The molecule has 0 spiro atoms. The molecule has 3 nitrogen and oxygen atoms in total. The first-order valence-electron chi connectivity index (χ1n) is 9.53. The normalized spacial score (nSPS) is 17.1. The number of ether oxygens (including phenoxy) is 1. The van der Waals surface area contributed by atoms with E-state index in [1.54, 1.807) is 7.11 Å². The average Bonchev–Trinajstić information content (AvgIpc) is 3.14. The van der Waals surface area contributed by atoms with Crippen LogP contribution in [0.1, 0.15) is 24.0 Å². The molecular formula is C23H26N2OS. The van der Waals surface area contributed by atoms with Gasteiger partial charge in [-0.1, -0.05) is 36.4 Å². The maximum atomic E-state index is 5.30. The molecule has 1 aromatic heterocycles. The number of hydrogen-bond donors (Lipinski definition) is 2. The van der Waals surface area contributed by atoms with Crippen LogP contribution in [-0.2, 0) is 5.75 Å². The highest BCUT2D eigenvalue weighted by Crippen LogP contribution is 2.28. The Morgan fingerprint density at radius 3 is 2.89 bits per heavy atom. The van der Waals surface area contributed by atoms with Gasteiger partial charge in [0.25, 0.3) is 0 Å². The number of hydrogen-bond acceptors (Lipinski definition) is 3. The van der Waals surface area contributed by atoms with Crippen molar-refractivity contribution in [1.29, 1.82) is 0 Å². The van der Waals surface area contributed by atoms with E-state index in [1.165, 1.54) is 34.3 Å². The topological polar surface area (TPSA) is 37.0 Å². The molecule has 1 unspecified atom stereocenters. The van der Waals surface area contributed by atoms with Crippen LogP contribution in [0.5, 0.6) is 5.75 Å². The number of aromatic amines is 1. The fourth-order valence-corrected chi connectivity index (χ4v) is 4.74. The van der Waals surface area contributed by atoms with Crippen molar-refractivity contribution in [3.63, 3.8) is 0 Å². The number of thioether (sulfide) groups is 1. The monoisotopic (exact) mass is 378 g/mol. The van der Waals surface area contributed by atoms with E-state index in [0.29, 0.717) is 6.04 Å². The quantitative estimate of drug-likeness (QED) is 0.552. The highest BCUT2D eigenvalue weighted by molar-refractivity contribution is 7.98. The summed E-state index contributed by atoms with van der Waals surface area (Å²) in [7, 11) is 1.71. The minimum atomic E-state index is 0.574. The van der Waals surface area contributed by atoms with E-state index in [1.807, 2.05) is 17.8 Å². The van der Waals surface area contributed by atoms with Crippen LogP contribution in [0.25, 0.3) is 16.5 Å². The summed E-state index contributed by atoms with van der Waals surface area (Å²) in [5.74, 6) is 3.11. The van der Waals surface area contributed by atoms with Gasteiger partial charge in [-0.25, -0.2) is 0 Å². The molecule has 140 valence electrons. The Hall–Kier alpha value is -2.17. The first-order chi connectivity index (χ1) is 13.3. The lowest BCUT2D eigenvalue weighted by atomic mass is 9.94. The van der Waals surface area contributed by atoms with E-state index in [0.717, 1.165) is 30.0 Å². The molecule has 27 heavy (non-hydrogen) atoms. The molecule has 4 heteroatoms. The summed E-state index contributed by atoms with van der Waals surface area (Å²) < 4.78 is 5.30. The Morgan fingerprint density at radius 2 is 2.04 bits per heavy atom. The molecule has 4 rings (SSSR count). The van der Waals surface area contributed by atoms with Gasteiger partial charge in [0.1, 0.15) is 5.75 Å². The van der Waals surface area contributed by atoms with Crippen LogP contribution in [0, 0.1) is 0 Å². The first-order valence-corrected chi connectivity index (χ1v) is 10.7. The largest absolute Gasteiger partial charge is 0.497 e. The SMILES string of the molecule is COc1ccc2c(CSCCC3CC(c4ccccc4)=CCN3)c[nH]c2c1. The average molecular weight is 379 g/mol. The highest BCUT2D eigenvalue weighted by Gasteiger charge is 2.15. The first kappa shape index (κ1) is 18.2. The summed E-state index contributed by atoms with van der Waals surface area (Å²) in [5.41, 5.74) is 5.37. The van der Waals surface area contributed by atoms with Crippen LogP contribution in [0.3, 0.4) is 0 Å². The fraction of sp³-hybridized carbons (Fsp3) is 0.304. The summed E-state index contributed by atoms with van der Waals surface area (Å²) in [4.78, 5) is 3.36. The second-order valence-corrected chi connectivity index (χ2v) is 8.08. The second kappa shape index (κ2) is 8.68. The van der Waals surface area contributed by atoms with Crippen molar-refractivity contribution in [3.05, 3.63) is 71.9 Å². The van der Waals surface area contributed by atoms with E-state index in [-0.39, 0.29) is 0 Å². The van der Waals surface area contributed by atoms with Gasteiger partial charge in [0, 0.05) is 41.5 Å². The van der Waals surface area contributed by atoms with Crippen molar-refractivity contribution in [2.75, 3.05) is 19.4 Å². The van der Waals surface area contributed by atoms with Gasteiger partial charge < -0.3 is 15.0 Å².